The van der Waals surface area contributed by atoms with Crippen LogP contribution in [0.4, 0.5) is 22.7 Å². The molecule has 4 N–H and O–H groups in total. The van der Waals surface area contributed by atoms with Crippen LogP contribution in [0.2, 0.25) is 0 Å². The average molecular weight is 478 g/mol. The summed E-state index contributed by atoms with van der Waals surface area (Å²) in [5, 5.41) is 16.2. The van der Waals surface area contributed by atoms with E-state index in [0.717, 1.165) is 6.07 Å². The molecule has 35 heavy (non-hydrogen) atoms. The first-order valence-corrected chi connectivity index (χ1v) is 10.3. The minimum absolute atomic E-state index is 0.0400. The zero-order valence-electron chi connectivity index (χ0n) is 18.9. The topological polar surface area (TPSA) is 163 Å². The minimum Gasteiger partial charge on any atom is -0.497 e. The maximum absolute atomic E-state index is 12.8. The number of non-ortho nitro benzene ring substituents is 1. The van der Waals surface area contributed by atoms with Crippen molar-refractivity contribution in [3.8, 4) is 5.75 Å². The molecular formula is C24H22N4O7. The first-order chi connectivity index (χ1) is 16.7. The van der Waals surface area contributed by atoms with E-state index in [-0.39, 0.29) is 40.4 Å². The van der Waals surface area contributed by atoms with Crippen LogP contribution in [0, 0.1) is 10.1 Å². The number of esters is 1. The van der Waals surface area contributed by atoms with Gasteiger partial charge in [0.25, 0.3) is 17.5 Å². The summed E-state index contributed by atoms with van der Waals surface area (Å²) in [6.45, 7) is 1.76. The van der Waals surface area contributed by atoms with Gasteiger partial charge in [-0.25, -0.2) is 4.79 Å². The summed E-state index contributed by atoms with van der Waals surface area (Å²) in [6.07, 6.45) is 0. The van der Waals surface area contributed by atoms with Crippen LogP contribution in [0.5, 0.6) is 5.75 Å². The van der Waals surface area contributed by atoms with Gasteiger partial charge in [-0.15, -0.1) is 0 Å². The number of amides is 2. The molecule has 0 aliphatic rings. The van der Waals surface area contributed by atoms with Gasteiger partial charge in [0.15, 0.2) is 0 Å². The summed E-state index contributed by atoms with van der Waals surface area (Å²) >= 11 is 0. The summed E-state index contributed by atoms with van der Waals surface area (Å²) in [5.41, 5.74) is 6.57. The van der Waals surface area contributed by atoms with Crippen molar-refractivity contribution >= 4 is 40.5 Å². The molecule has 0 unspecified atom stereocenters. The fourth-order valence-corrected chi connectivity index (χ4v) is 3.14. The molecule has 3 aromatic carbocycles. The molecule has 11 heteroatoms. The lowest BCUT2D eigenvalue weighted by Gasteiger charge is -2.13. The van der Waals surface area contributed by atoms with Gasteiger partial charge in [0.2, 0.25) is 0 Å². The average Bonchev–Trinajstić information content (AvgIpc) is 2.83. The standard InChI is InChI=1S/C24H22N4O7/c1-3-35-24(31)16-8-18(26-22(29)14-5-4-6-20(10-14)28(32)33)13-19(9-16)27-23(30)15-7-17(25)12-21(11-15)34-2/h4-13H,3,25H2,1-2H3,(H,26,29)(H,27,30). The van der Waals surface area contributed by atoms with E-state index < -0.39 is 22.7 Å². The first kappa shape index (κ1) is 24.7. The molecule has 0 radical (unpaired) electrons. The Labute approximate surface area is 200 Å². The van der Waals surface area contributed by atoms with Crippen molar-refractivity contribution in [3.05, 3.63) is 87.5 Å². The van der Waals surface area contributed by atoms with Gasteiger partial charge in [-0.05, 0) is 43.3 Å². The molecule has 0 aliphatic heterocycles. The number of nitro benzene ring substituents is 1. The summed E-state index contributed by atoms with van der Waals surface area (Å²) in [4.78, 5) is 48.2. The number of nitrogens with one attached hydrogen (secondary N) is 2. The Morgan fingerprint density at radius 2 is 1.57 bits per heavy atom. The van der Waals surface area contributed by atoms with Gasteiger partial charge in [-0.1, -0.05) is 6.07 Å². The van der Waals surface area contributed by atoms with E-state index in [4.69, 9.17) is 15.2 Å². The number of hydrogen-bond donors (Lipinski definition) is 3. The van der Waals surface area contributed by atoms with Crippen molar-refractivity contribution < 1.29 is 28.8 Å². The Hall–Kier alpha value is -4.93. The van der Waals surface area contributed by atoms with Crippen LogP contribution >= 0.6 is 0 Å². The molecule has 2 amide bonds. The monoisotopic (exact) mass is 478 g/mol. The van der Waals surface area contributed by atoms with Crippen molar-refractivity contribution in [1.29, 1.82) is 0 Å². The van der Waals surface area contributed by atoms with E-state index in [1.807, 2.05) is 0 Å². The summed E-state index contributed by atoms with van der Waals surface area (Å²) in [7, 11) is 1.44. The molecule has 3 aromatic rings. The van der Waals surface area contributed by atoms with Crippen LogP contribution in [0.15, 0.2) is 60.7 Å². The predicted molar refractivity (Wildman–Crippen MR) is 129 cm³/mol. The molecule has 0 bridgehead atoms. The van der Waals surface area contributed by atoms with Gasteiger partial charge in [0, 0.05) is 46.4 Å². The highest BCUT2D eigenvalue weighted by Crippen LogP contribution is 2.24. The summed E-state index contributed by atoms with van der Waals surface area (Å²) in [5.74, 6) is -1.46. The molecule has 0 aliphatic carbocycles. The third kappa shape index (κ3) is 6.32. The third-order valence-electron chi connectivity index (χ3n) is 4.71. The number of nitrogens with zero attached hydrogens (tertiary/aromatic N) is 1. The molecular weight excluding hydrogens is 456 g/mol. The number of rotatable bonds is 8. The summed E-state index contributed by atoms with van der Waals surface area (Å²) in [6, 6.07) is 13.9. The van der Waals surface area contributed by atoms with Gasteiger partial charge in [-0.3, -0.25) is 19.7 Å². The van der Waals surface area contributed by atoms with Crippen molar-refractivity contribution in [2.24, 2.45) is 0 Å². The minimum atomic E-state index is -0.667. The molecule has 0 saturated carbocycles. The summed E-state index contributed by atoms with van der Waals surface area (Å²) < 4.78 is 10.2. The van der Waals surface area contributed by atoms with E-state index >= 15 is 0 Å². The maximum Gasteiger partial charge on any atom is 0.338 e. The van der Waals surface area contributed by atoms with Crippen LogP contribution < -0.4 is 21.1 Å². The van der Waals surface area contributed by atoms with Gasteiger partial charge in [0.05, 0.1) is 24.2 Å². The zero-order chi connectivity index (χ0) is 25.5. The van der Waals surface area contributed by atoms with E-state index in [1.54, 1.807) is 13.0 Å². The molecule has 0 spiro atoms. The van der Waals surface area contributed by atoms with Crippen molar-refractivity contribution in [2.45, 2.75) is 6.92 Å². The highest BCUT2D eigenvalue weighted by molar-refractivity contribution is 6.08. The zero-order valence-corrected chi connectivity index (χ0v) is 18.9. The number of benzene rings is 3. The van der Waals surface area contributed by atoms with Gasteiger partial charge in [0.1, 0.15) is 5.75 Å². The lowest BCUT2D eigenvalue weighted by Crippen LogP contribution is -2.16. The van der Waals surface area contributed by atoms with Crippen molar-refractivity contribution in [3.63, 3.8) is 0 Å². The Balaban J connectivity index is 1.92. The highest BCUT2D eigenvalue weighted by Gasteiger charge is 2.16. The SMILES string of the molecule is CCOC(=O)c1cc(NC(=O)c2cc(N)cc(OC)c2)cc(NC(=O)c2cccc([N+](=O)[O-])c2)c1. The second-order valence-electron chi connectivity index (χ2n) is 7.23. The number of methoxy groups -OCH3 is 1. The fraction of sp³-hybridized carbons (Fsp3) is 0.125. The van der Waals surface area contributed by atoms with Crippen LogP contribution in [0.3, 0.4) is 0 Å². The number of carbonyl (C=O) groups is 3. The molecule has 11 nitrogen and oxygen atoms in total. The third-order valence-corrected chi connectivity index (χ3v) is 4.71. The number of anilines is 3. The Morgan fingerprint density at radius 1 is 0.914 bits per heavy atom. The molecule has 0 fully saturated rings. The molecule has 180 valence electrons. The van der Waals surface area contributed by atoms with Crippen LogP contribution in [-0.2, 0) is 4.74 Å². The maximum atomic E-state index is 12.8. The van der Waals surface area contributed by atoms with Crippen molar-refractivity contribution in [2.75, 3.05) is 30.1 Å². The number of hydrogen-bond acceptors (Lipinski definition) is 8. The van der Waals surface area contributed by atoms with Gasteiger partial charge < -0.3 is 25.8 Å². The smallest absolute Gasteiger partial charge is 0.338 e. The first-order valence-electron chi connectivity index (χ1n) is 10.3. The molecule has 3 rings (SSSR count). The molecule has 0 atom stereocenters. The Bertz CT molecular complexity index is 1310. The fourth-order valence-electron chi connectivity index (χ4n) is 3.14. The van der Waals surface area contributed by atoms with Gasteiger partial charge >= 0.3 is 5.97 Å². The van der Waals surface area contributed by atoms with Crippen LogP contribution in [0.1, 0.15) is 38.0 Å². The Kier molecular flexibility index (Phi) is 7.62. The van der Waals surface area contributed by atoms with Crippen LogP contribution in [-0.4, -0.2) is 36.4 Å². The Morgan fingerprint density at radius 3 is 2.17 bits per heavy atom. The van der Waals surface area contributed by atoms with Crippen LogP contribution in [0.25, 0.3) is 0 Å². The second-order valence-corrected chi connectivity index (χ2v) is 7.23. The molecule has 0 heterocycles. The van der Waals surface area contributed by atoms with E-state index in [2.05, 4.69) is 10.6 Å². The second kappa shape index (κ2) is 10.8. The largest absolute Gasteiger partial charge is 0.497 e. The number of carbonyl (C=O) groups excluding carboxylic acids is 3. The number of nitro groups is 1. The highest BCUT2D eigenvalue weighted by atomic mass is 16.6. The van der Waals surface area contributed by atoms with Gasteiger partial charge in [-0.2, -0.15) is 0 Å². The van der Waals surface area contributed by atoms with E-state index in [9.17, 15) is 24.5 Å². The van der Waals surface area contributed by atoms with E-state index in [1.165, 1.54) is 55.6 Å². The lowest BCUT2D eigenvalue weighted by atomic mass is 10.1. The normalized spacial score (nSPS) is 10.2. The molecule has 0 aromatic heterocycles. The number of nitrogens with two attached hydrogens (primary N) is 1. The number of ether oxygens (including phenoxy) is 2. The lowest BCUT2D eigenvalue weighted by molar-refractivity contribution is -0.384. The van der Waals surface area contributed by atoms with E-state index in [0.29, 0.717) is 11.4 Å². The van der Waals surface area contributed by atoms with Crippen molar-refractivity contribution in [1.82, 2.24) is 0 Å². The molecule has 0 saturated heterocycles. The quantitative estimate of drug-likeness (QED) is 0.190. The number of nitrogen functional groups attached to an aromatic ring is 1. The predicted octanol–water partition coefficient (Wildman–Crippen LogP) is 3.87.